The van der Waals surface area contributed by atoms with E-state index in [2.05, 4.69) is 59.0 Å². The molecule has 6 heteroatoms. The standard InChI is InChI=1S/C15H22BrN5/c1-6-9-21-10(7-8-18-21)13-19-12(15(2,3)4)11(16)14(17-5)20-13/h7-8H,6,9H2,1-5H3,(H,17,19,20). The van der Waals surface area contributed by atoms with Gasteiger partial charge in [-0.15, -0.1) is 0 Å². The zero-order chi connectivity index (χ0) is 15.6. The van der Waals surface area contributed by atoms with Crippen molar-refractivity contribution in [1.82, 2.24) is 19.7 Å². The summed E-state index contributed by atoms with van der Waals surface area (Å²) in [5.41, 5.74) is 1.87. The molecule has 0 atom stereocenters. The summed E-state index contributed by atoms with van der Waals surface area (Å²) in [6.07, 6.45) is 2.82. The fourth-order valence-corrected chi connectivity index (χ4v) is 3.11. The molecule has 2 aromatic heterocycles. The van der Waals surface area contributed by atoms with Crippen molar-refractivity contribution < 1.29 is 0 Å². The molecule has 0 aromatic carbocycles. The number of aromatic nitrogens is 4. The molecule has 0 aliphatic heterocycles. The van der Waals surface area contributed by atoms with Gasteiger partial charge in [-0.3, -0.25) is 4.68 Å². The van der Waals surface area contributed by atoms with Crippen molar-refractivity contribution in [2.45, 2.75) is 46.1 Å². The minimum absolute atomic E-state index is 0.0717. The van der Waals surface area contributed by atoms with Gasteiger partial charge in [0.25, 0.3) is 0 Å². The van der Waals surface area contributed by atoms with Gasteiger partial charge in [-0.2, -0.15) is 5.10 Å². The molecule has 0 amide bonds. The second kappa shape index (κ2) is 6.13. The number of hydrogen-bond acceptors (Lipinski definition) is 4. The lowest BCUT2D eigenvalue weighted by Gasteiger charge is -2.21. The highest BCUT2D eigenvalue weighted by molar-refractivity contribution is 9.10. The zero-order valence-corrected chi connectivity index (χ0v) is 14.8. The van der Waals surface area contributed by atoms with Gasteiger partial charge >= 0.3 is 0 Å². The summed E-state index contributed by atoms with van der Waals surface area (Å²) in [4.78, 5) is 9.40. The van der Waals surface area contributed by atoms with Crippen LogP contribution in [-0.2, 0) is 12.0 Å². The Hall–Kier alpha value is -1.43. The topological polar surface area (TPSA) is 55.6 Å². The molecule has 0 fully saturated rings. The highest BCUT2D eigenvalue weighted by Crippen LogP contribution is 2.34. The maximum absolute atomic E-state index is 4.78. The zero-order valence-electron chi connectivity index (χ0n) is 13.2. The van der Waals surface area contributed by atoms with Crippen LogP contribution in [0.25, 0.3) is 11.5 Å². The van der Waals surface area contributed by atoms with Crippen molar-refractivity contribution in [1.29, 1.82) is 0 Å². The Labute approximate surface area is 134 Å². The predicted octanol–water partition coefficient (Wildman–Crippen LogP) is 3.85. The Kier molecular flexibility index (Phi) is 4.66. The molecule has 2 aromatic rings. The highest BCUT2D eigenvalue weighted by Gasteiger charge is 2.24. The first-order chi connectivity index (χ1) is 9.88. The van der Waals surface area contributed by atoms with Gasteiger partial charge in [0.05, 0.1) is 10.2 Å². The predicted molar refractivity (Wildman–Crippen MR) is 89.5 cm³/mol. The molecule has 0 saturated heterocycles. The van der Waals surface area contributed by atoms with E-state index in [1.807, 2.05) is 17.8 Å². The Morgan fingerprint density at radius 3 is 2.57 bits per heavy atom. The maximum Gasteiger partial charge on any atom is 0.180 e. The molecule has 0 aliphatic rings. The van der Waals surface area contributed by atoms with Crippen LogP contribution in [-0.4, -0.2) is 26.8 Å². The van der Waals surface area contributed by atoms with Crippen LogP contribution in [0.1, 0.15) is 39.8 Å². The van der Waals surface area contributed by atoms with Crippen LogP contribution < -0.4 is 5.32 Å². The minimum atomic E-state index is -0.0717. The third-order valence-electron chi connectivity index (χ3n) is 3.18. The highest BCUT2D eigenvalue weighted by atomic mass is 79.9. The molecule has 2 rings (SSSR count). The molecule has 0 spiro atoms. The molecule has 0 unspecified atom stereocenters. The number of nitrogens with zero attached hydrogens (tertiary/aromatic N) is 4. The van der Waals surface area contributed by atoms with Crippen LogP contribution in [0.3, 0.4) is 0 Å². The second-order valence-corrected chi connectivity index (χ2v) is 6.79. The van der Waals surface area contributed by atoms with Crippen molar-refractivity contribution in [3.63, 3.8) is 0 Å². The van der Waals surface area contributed by atoms with Gasteiger partial charge in [-0.05, 0) is 28.4 Å². The molecule has 1 N–H and O–H groups in total. The number of halogens is 1. The largest absolute Gasteiger partial charge is 0.372 e. The van der Waals surface area contributed by atoms with Crippen LogP contribution in [0.4, 0.5) is 5.82 Å². The molecule has 21 heavy (non-hydrogen) atoms. The summed E-state index contributed by atoms with van der Waals surface area (Å²) in [5, 5.41) is 7.49. The maximum atomic E-state index is 4.78. The summed E-state index contributed by atoms with van der Waals surface area (Å²) < 4.78 is 2.87. The van der Waals surface area contributed by atoms with Gasteiger partial charge in [0.2, 0.25) is 0 Å². The van der Waals surface area contributed by atoms with E-state index in [0.717, 1.165) is 34.6 Å². The van der Waals surface area contributed by atoms with E-state index in [1.54, 1.807) is 6.20 Å². The van der Waals surface area contributed by atoms with E-state index in [9.17, 15) is 0 Å². The average molecular weight is 352 g/mol. The molecule has 114 valence electrons. The number of hydrogen-bond donors (Lipinski definition) is 1. The van der Waals surface area contributed by atoms with Crippen LogP contribution in [0.5, 0.6) is 0 Å². The Balaban J connectivity index is 2.61. The van der Waals surface area contributed by atoms with Gasteiger partial charge in [-0.1, -0.05) is 27.7 Å². The van der Waals surface area contributed by atoms with E-state index >= 15 is 0 Å². The first-order valence-corrected chi connectivity index (χ1v) is 7.95. The Morgan fingerprint density at radius 1 is 1.29 bits per heavy atom. The van der Waals surface area contributed by atoms with Crippen LogP contribution in [0.2, 0.25) is 0 Å². The first kappa shape index (κ1) is 15.9. The SMILES string of the molecule is CCCn1nccc1-c1nc(NC)c(Br)c(C(C)(C)C)n1. The summed E-state index contributed by atoms with van der Waals surface area (Å²) in [7, 11) is 1.87. The molecule has 5 nitrogen and oxygen atoms in total. The van der Waals surface area contributed by atoms with Gasteiger partial charge in [0.1, 0.15) is 11.5 Å². The lowest BCUT2D eigenvalue weighted by molar-refractivity contribution is 0.562. The van der Waals surface area contributed by atoms with Crippen LogP contribution in [0.15, 0.2) is 16.7 Å². The van der Waals surface area contributed by atoms with Crippen LogP contribution >= 0.6 is 15.9 Å². The molecular weight excluding hydrogens is 330 g/mol. The molecule has 0 saturated carbocycles. The quantitative estimate of drug-likeness (QED) is 0.908. The lowest BCUT2D eigenvalue weighted by atomic mass is 9.92. The summed E-state index contributed by atoms with van der Waals surface area (Å²) in [6.45, 7) is 9.43. The van der Waals surface area contributed by atoms with Crippen molar-refractivity contribution in [3.05, 3.63) is 22.4 Å². The van der Waals surface area contributed by atoms with E-state index in [4.69, 9.17) is 4.98 Å². The fourth-order valence-electron chi connectivity index (χ4n) is 2.14. The molecule has 0 aliphatic carbocycles. The van der Waals surface area contributed by atoms with Gasteiger partial charge in [-0.25, -0.2) is 9.97 Å². The van der Waals surface area contributed by atoms with E-state index in [-0.39, 0.29) is 5.41 Å². The lowest BCUT2D eigenvalue weighted by Crippen LogP contribution is -2.17. The van der Waals surface area contributed by atoms with Gasteiger partial charge < -0.3 is 5.32 Å². The smallest absolute Gasteiger partial charge is 0.180 e. The van der Waals surface area contributed by atoms with Crippen LogP contribution in [0, 0.1) is 0 Å². The summed E-state index contributed by atoms with van der Waals surface area (Å²) >= 11 is 3.61. The van der Waals surface area contributed by atoms with Crippen molar-refractivity contribution in [2.24, 2.45) is 0 Å². The van der Waals surface area contributed by atoms with Crippen molar-refractivity contribution >= 4 is 21.7 Å². The van der Waals surface area contributed by atoms with E-state index in [1.165, 1.54) is 0 Å². The number of anilines is 1. The average Bonchev–Trinajstić information content (AvgIpc) is 2.86. The number of aryl methyl sites for hydroxylation is 1. The third kappa shape index (κ3) is 3.26. The van der Waals surface area contributed by atoms with Crippen molar-refractivity contribution in [3.8, 4) is 11.5 Å². The molecular formula is C15H22BrN5. The summed E-state index contributed by atoms with van der Waals surface area (Å²) in [5.74, 6) is 1.51. The number of rotatable bonds is 4. The van der Waals surface area contributed by atoms with E-state index in [0.29, 0.717) is 5.82 Å². The molecule has 0 bridgehead atoms. The Morgan fingerprint density at radius 2 is 2.00 bits per heavy atom. The van der Waals surface area contributed by atoms with Gasteiger partial charge in [0, 0.05) is 25.2 Å². The monoisotopic (exact) mass is 351 g/mol. The van der Waals surface area contributed by atoms with Gasteiger partial charge in [0.15, 0.2) is 5.82 Å². The summed E-state index contributed by atoms with van der Waals surface area (Å²) in [6, 6.07) is 1.96. The van der Waals surface area contributed by atoms with Crippen molar-refractivity contribution in [2.75, 3.05) is 12.4 Å². The first-order valence-electron chi connectivity index (χ1n) is 7.16. The second-order valence-electron chi connectivity index (χ2n) is 6.00. The third-order valence-corrected chi connectivity index (χ3v) is 3.93. The molecule has 2 heterocycles. The molecule has 0 radical (unpaired) electrons. The fraction of sp³-hybridized carbons (Fsp3) is 0.533. The minimum Gasteiger partial charge on any atom is -0.372 e. The Bertz CT molecular complexity index is 627. The number of nitrogens with one attached hydrogen (secondary N) is 1. The normalized spacial score (nSPS) is 11.7. The van der Waals surface area contributed by atoms with E-state index < -0.39 is 0 Å².